The monoisotopic (exact) mass is 269 g/mol. The molecule has 0 radical (unpaired) electrons. The Morgan fingerprint density at radius 2 is 2.05 bits per heavy atom. The van der Waals surface area contributed by atoms with Crippen LogP contribution in [0, 0.1) is 0 Å². The van der Waals surface area contributed by atoms with Crippen molar-refractivity contribution >= 4 is 5.70 Å². The van der Waals surface area contributed by atoms with Gasteiger partial charge < -0.3 is 4.90 Å². The van der Waals surface area contributed by atoms with Crippen molar-refractivity contribution < 1.29 is 13.2 Å². The standard InChI is InChI=1S/C13H14F3N3/c1-17-12-5-3-4-11(19(12)2)9-6-10(8-18-7-9)13(14,15)16/h3-8,12,17H,1-2H3. The normalized spacial score (nSPS) is 19.5. The Bertz CT molecular complexity index is 520. The molecule has 6 heteroatoms. The van der Waals surface area contributed by atoms with Crippen molar-refractivity contribution in [1.29, 1.82) is 0 Å². The van der Waals surface area contributed by atoms with Crippen molar-refractivity contribution in [1.82, 2.24) is 15.2 Å². The van der Waals surface area contributed by atoms with Crippen molar-refractivity contribution in [2.24, 2.45) is 0 Å². The van der Waals surface area contributed by atoms with Gasteiger partial charge in [-0.25, -0.2) is 0 Å². The van der Waals surface area contributed by atoms with Crippen molar-refractivity contribution in [3.05, 3.63) is 47.8 Å². The van der Waals surface area contributed by atoms with Crippen molar-refractivity contribution in [3.63, 3.8) is 0 Å². The van der Waals surface area contributed by atoms with E-state index < -0.39 is 11.7 Å². The molecule has 0 spiro atoms. The fourth-order valence-corrected chi connectivity index (χ4v) is 1.97. The molecule has 1 atom stereocenters. The van der Waals surface area contributed by atoms with Gasteiger partial charge in [0.25, 0.3) is 0 Å². The zero-order valence-electron chi connectivity index (χ0n) is 10.6. The minimum absolute atomic E-state index is 0.0467. The summed E-state index contributed by atoms with van der Waals surface area (Å²) in [5, 5.41) is 3.05. The Morgan fingerprint density at radius 3 is 2.68 bits per heavy atom. The molecule has 1 aromatic heterocycles. The van der Waals surface area contributed by atoms with Gasteiger partial charge in [-0.2, -0.15) is 13.2 Å². The summed E-state index contributed by atoms with van der Waals surface area (Å²) >= 11 is 0. The average molecular weight is 269 g/mol. The second-order valence-corrected chi connectivity index (χ2v) is 4.24. The lowest BCUT2D eigenvalue weighted by Gasteiger charge is -2.32. The van der Waals surface area contributed by atoms with Crippen LogP contribution in [0.15, 0.2) is 36.7 Å². The maximum absolute atomic E-state index is 12.7. The van der Waals surface area contributed by atoms with E-state index in [4.69, 9.17) is 0 Å². The number of rotatable bonds is 2. The van der Waals surface area contributed by atoms with E-state index in [1.165, 1.54) is 6.20 Å². The van der Waals surface area contributed by atoms with Crippen LogP contribution >= 0.6 is 0 Å². The molecule has 3 nitrogen and oxygen atoms in total. The first-order chi connectivity index (χ1) is 8.93. The Morgan fingerprint density at radius 1 is 1.32 bits per heavy atom. The maximum atomic E-state index is 12.7. The van der Waals surface area contributed by atoms with E-state index in [2.05, 4.69) is 10.3 Å². The van der Waals surface area contributed by atoms with Crippen LogP contribution in [0.2, 0.25) is 0 Å². The number of hydrogen-bond donors (Lipinski definition) is 1. The molecule has 0 saturated heterocycles. The summed E-state index contributed by atoms with van der Waals surface area (Å²) in [5.74, 6) is 0. The van der Waals surface area contributed by atoms with Crippen molar-refractivity contribution in [3.8, 4) is 0 Å². The number of nitrogens with zero attached hydrogens (tertiary/aromatic N) is 2. The molecule has 1 unspecified atom stereocenters. The van der Waals surface area contributed by atoms with Crippen LogP contribution in [0.4, 0.5) is 13.2 Å². The molecule has 1 aromatic rings. The quantitative estimate of drug-likeness (QED) is 0.894. The smallest absolute Gasteiger partial charge is 0.355 e. The fraction of sp³-hybridized carbons (Fsp3) is 0.308. The van der Waals surface area contributed by atoms with E-state index in [0.29, 0.717) is 11.3 Å². The number of aromatic nitrogens is 1. The summed E-state index contributed by atoms with van der Waals surface area (Å²) in [6, 6.07) is 1.11. The number of alkyl halides is 3. The molecule has 0 amide bonds. The van der Waals surface area contributed by atoms with Crippen LogP contribution in [-0.2, 0) is 6.18 Å². The second-order valence-electron chi connectivity index (χ2n) is 4.24. The van der Waals surface area contributed by atoms with Gasteiger partial charge in [0.05, 0.1) is 11.7 Å². The minimum Gasteiger partial charge on any atom is -0.355 e. The highest BCUT2D eigenvalue weighted by molar-refractivity contribution is 5.67. The molecule has 2 rings (SSSR count). The number of hydrogen-bond acceptors (Lipinski definition) is 3. The Hall–Kier alpha value is -1.82. The average Bonchev–Trinajstić information content (AvgIpc) is 2.38. The largest absolute Gasteiger partial charge is 0.417 e. The lowest BCUT2D eigenvalue weighted by atomic mass is 10.1. The van der Waals surface area contributed by atoms with Gasteiger partial charge >= 0.3 is 6.18 Å². The minimum atomic E-state index is -4.38. The lowest BCUT2D eigenvalue weighted by Crippen LogP contribution is -2.40. The SMILES string of the molecule is CNC1C=CC=C(c2cncc(C(F)(F)F)c2)N1C. The predicted molar refractivity (Wildman–Crippen MR) is 67.0 cm³/mol. The maximum Gasteiger partial charge on any atom is 0.417 e. The second kappa shape index (κ2) is 5.05. The third-order valence-electron chi connectivity index (χ3n) is 3.00. The number of pyridine rings is 1. The van der Waals surface area contributed by atoms with Crippen LogP contribution in [0.3, 0.4) is 0 Å². The first-order valence-corrected chi connectivity index (χ1v) is 5.74. The van der Waals surface area contributed by atoms with Gasteiger partial charge in [0.15, 0.2) is 0 Å². The number of likely N-dealkylation sites (N-methyl/N-ethyl adjacent to an activating group) is 2. The fourth-order valence-electron chi connectivity index (χ4n) is 1.97. The van der Waals surface area contributed by atoms with Gasteiger partial charge in [0.2, 0.25) is 0 Å². The van der Waals surface area contributed by atoms with E-state index in [-0.39, 0.29) is 6.17 Å². The molecular formula is C13H14F3N3. The summed E-state index contributed by atoms with van der Waals surface area (Å²) in [4.78, 5) is 5.54. The Balaban J connectivity index is 2.37. The molecular weight excluding hydrogens is 255 g/mol. The topological polar surface area (TPSA) is 28.2 Å². The zero-order valence-corrected chi connectivity index (χ0v) is 10.6. The highest BCUT2D eigenvalue weighted by atomic mass is 19.4. The van der Waals surface area contributed by atoms with E-state index >= 15 is 0 Å². The van der Waals surface area contributed by atoms with Gasteiger partial charge in [-0.15, -0.1) is 0 Å². The third-order valence-corrected chi connectivity index (χ3v) is 3.00. The molecule has 1 aliphatic rings. The third kappa shape index (κ3) is 2.78. The highest BCUT2D eigenvalue weighted by Gasteiger charge is 2.31. The number of nitrogens with one attached hydrogen (secondary N) is 1. The summed E-state index contributed by atoms with van der Waals surface area (Å²) in [6.07, 6.45) is 3.35. The van der Waals surface area contributed by atoms with E-state index in [9.17, 15) is 13.2 Å². The first kappa shape index (κ1) is 13.6. The van der Waals surface area contributed by atoms with Gasteiger partial charge in [-0.3, -0.25) is 10.3 Å². The van der Waals surface area contributed by atoms with Crippen LogP contribution in [0.25, 0.3) is 5.70 Å². The molecule has 1 N–H and O–H groups in total. The lowest BCUT2D eigenvalue weighted by molar-refractivity contribution is -0.137. The molecule has 0 aliphatic carbocycles. The van der Waals surface area contributed by atoms with Gasteiger partial charge in [-0.05, 0) is 25.3 Å². The Kier molecular flexibility index (Phi) is 3.61. The van der Waals surface area contributed by atoms with Crippen LogP contribution in [-0.4, -0.2) is 30.1 Å². The van der Waals surface area contributed by atoms with E-state index in [0.717, 1.165) is 12.3 Å². The highest BCUT2D eigenvalue weighted by Crippen LogP contribution is 2.31. The van der Waals surface area contributed by atoms with Gasteiger partial charge in [0.1, 0.15) is 0 Å². The summed E-state index contributed by atoms with van der Waals surface area (Å²) in [7, 11) is 3.61. The molecule has 1 aliphatic heterocycles. The van der Waals surface area contributed by atoms with E-state index in [1.807, 2.05) is 24.1 Å². The summed E-state index contributed by atoms with van der Waals surface area (Å²) < 4.78 is 38.0. The first-order valence-electron chi connectivity index (χ1n) is 5.74. The molecule has 0 fully saturated rings. The van der Waals surface area contributed by atoms with Crippen molar-refractivity contribution in [2.75, 3.05) is 14.1 Å². The molecule has 102 valence electrons. The summed E-state index contributed by atoms with van der Waals surface area (Å²) in [6.45, 7) is 0. The molecule has 19 heavy (non-hydrogen) atoms. The number of allylic oxidation sites excluding steroid dienone is 2. The Labute approximate surface area is 109 Å². The number of halogens is 3. The van der Waals surface area contributed by atoms with Crippen molar-refractivity contribution in [2.45, 2.75) is 12.3 Å². The van der Waals surface area contributed by atoms with Crippen LogP contribution in [0.5, 0.6) is 0 Å². The van der Waals surface area contributed by atoms with Gasteiger partial charge in [0, 0.05) is 30.7 Å². The molecule has 0 saturated carbocycles. The van der Waals surface area contributed by atoms with E-state index in [1.54, 1.807) is 13.1 Å². The molecule has 2 heterocycles. The summed E-state index contributed by atoms with van der Waals surface area (Å²) in [5.41, 5.74) is 0.400. The molecule has 0 aromatic carbocycles. The van der Waals surface area contributed by atoms with Crippen LogP contribution in [0.1, 0.15) is 11.1 Å². The predicted octanol–water partition coefficient (Wildman–Crippen LogP) is 2.49. The van der Waals surface area contributed by atoms with Crippen LogP contribution < -0.4 is 5.32 Å². The zero-order chi connectivity index (χ0) is 14.0. The van der Waals surface area contributed by atoms with Gasteiger partial charge in [-0.1, -0.05) is 6.08 Å². The molecule has 0 bridgehead atoms.